The second kappa shape index (κ2) is 7.75. The maximum atomic E-state index is 13.5. The van der Waals surface area contributed by atoms with Crippen LogP contribution in [-0.2, 0) is 9.53 Å². The van der Waals surface area contributed by atoms with Crippen LogP contribution < -0.4 is 15.5 Å². The lowest BCUT2D eigenvalue weighted by molar-refractivity contribution is -0.123. The van der Waals surface area contributed by atoms with Crippen LogP contribution in [0.4, 0.5) is 17.5 Å². The summed E-state index contributed by atoms with van der Waals surface area (Å²) in [6.45, 7) is 3.39. The Hall–Kier alpha value is -3.30. The average molecular weight is 438 g/mol. The number of anilines is 3. The number of halogens is 1. The molecule has 1 fully saturated rings. The van der Waals surface area contributed by atoms with Gasteiger partial charge < -0.3 is 15.4 Å². The Morgan fingerprint density at radius 2 is 1.90 bits per heavy atom. The van der Waals surface area contributed by atoms with Gasteiger partial charge >= 0.3 is 0 Å². The van der Waals surface area contributed by atoms with E-state index in [-0.39, 0.29) is 17.9 Å². The molecule has 2 aromatic heterocycles. The number of nitrogens with two attached hydrogens (primary N) is 1. The Bertz CT molecular complexity index is 1120. The lowest BCUT2D eigenvalue weighted by Gasteiger charge is -2.45. The molecule has 3 aromatic rings. The summed E-state index contributed by atoms with van der Waals surface area (Å²) in [5.41, 5.74) is 7.87. The lowest BCUT2D eigenvalue weighted by Crippen LogP contribution is -2.59. The van der Waals surface area contributed by atoms with Gasteiger partial charge in [-0.05, 0) is 24.6 Å². The molecule has 31 heavy (non-hydrogen) atoms. The van der Waals surface area contributed by atoms with Crippen molar-refractivity contribution in [3.8, 4) is 11.4 Å². The van der Waals surface area contributed by atoms with E-state index in [1.165, 1.54) is 0 Å². The highest BCUT2D eigenvalue weighted by molar-refractivity contribution is 6.30. The van der Waals surface area contributed by atoms with E-state index in [1.54, 1.807) is 23.5 Å². The van der Waals surface area contributed by atoms with Crippen molar-refractivity contribution in [2.75, 3.05) is 35.3 Å². The molecule has 2 N–H and O–H groups in total. The highest BCUT2D eigenvalue weighted by Gasteiger charge is 2.43. The molecule has 0 aliphatic carbocycles. The van der Waals surface area contributed by atoms with Crippen LogP contribution in [0.15, 0.2) is 42.9 Å². The molecule has 1 amide bonds. The number of nitrogen functional groups attached to an aromatic ring is 1. The van der Waals surface area contributed by atoms with Gasteiger partial charge in [-0.3, -0.25) is 9.69 Å². The Kier molecular flexibility index (Phi) is 4.91. The van der Waals surface area contributed by atoms with Crippen LogP contribution in [-0.4, -0.2) is 51.6 Å². The smallest absolute Gasteiger partial charge is 0.252 e. The average Bonchev–Trinajstić information content (AvgIpc) is 2.80. The first-order valence-electron chi connectivity index (χ1n) is 9.91. The number of hydrogen-bond donors (Lipinski definition) is 1. The van der Waals surface area contributed by atoms with E-state index in [1.807, 2.05) is 36.1 Å². The number of benzene rings is 1. The third-order valence-corrected chi connectivity index (χ3v) is 5.85. The van der Waals surface area contributed by atoms with Crippen LogP contribution in [0.25, 0.3) is 11.4 Å². The summed E-state index contributed by atoms with van der Waals surface area (Å²) in [6.07, 6.45) is 4.86. The van der Waals surface area contributed by atoms with Crippen LogP contribution >= 0.6 is 11.6 Å². The van der Waals surface area contributed by atoms with Crippen molar-refractivity contribution < 1.29 is 9.53 Å². The van der Waals surface area contributed by atoms with E-state index in [4.69, 9.17) is 27.1 Å². The van der Waals surface area contributed by atoms with E-state index in [2.05, 4.69) is 15.0 Å². The van der Waals surface area contributed by atoms with Crippen molar-refractivity contribution in [1.29, 1.82) is 0 Å². The van der Waals surface area contributed by atoms with Crippen LogP contribution in [0.3, 0.4) is 0 Å². The SMILES string of the molecule is C[C@@H](c1ccc(Cl)cc1)N1C(=O)C2COCCN2c2nc(-c3cnc(N)nc3)ncc21. The van der Waals surface area contributed by atoms with Gasteiger partial charge in [-0.1, -0.05) is 23.7 Å². The number of rotatable bonds is 3. The molecule has 2 aliphatic rings. The van der Waals surface area contributed by atoms with Crippen LogP contribution in [0.2, 0.25) is 5.02 Å². The van der Waals surface area contributed by atoms with Crippen LogP contribution in [0.5, 0.6) is 0 Å². The predicted molar refractivity (Wildman–Crippen MR) is 117 cm³/mol. The van der Waals surface area contributed by atoms with Gasteiger partial charge in [-0.25, -0.2) is 19.9 Å². The number of morpholine rings is 1. The first-order valence-corrected chi connectivity index (χ1v) is 10.3. The standard InChI is InChI=1S/C21H20ClN7O2/c1-12(13-2-4-15(22)5-3-13)29-16-10-24-18(14-8-25-21(23)26-9-14)27-19(16)28-6-7-31-11-17(28)20(29)30/h2-5,8-10,12,17H,6-7,11H2,1H3,(H2,23,25,26)/t12-,17?/m0/s1. The van der Waals surface area contributed by atoms with Gasteiger partial charge in [0, 0.05) is 24.0 Å². The number of carbonyl (C=O) groups excluding carboxylic acids is 1. The molecular formula is C21H20ClN7O2. The molecule has 0 spiro atoms. The number of amides is 1. The Labute approximate surface area is 183 Å². The minimum Gasteiger partial charge on any atom is -0.377 e. The first kappa shape index (κ1) is 19.7. The summed E-state index contributed by atoms with van der Waals surface area (Å²) >= 11 is 6.05. The summed E-state index contributed by atoms with van der Waals surface area (Å²) in [7, 11) is 0. The zero-order chi connectivity index (χ0) is 21.5. The van der Waals surface area contributed by atoms with E-state index >= 15 is 0 Å². The second-order valence-corrected chi connectivity index (χ2v) is 7.89. The van der Waals surface area contributed by atoms with Gasteiger partial charge in [-0.2, -0.15) is 0 Å². The summed E-state index contributed by atoms with van der Waals surface area (Å²) in [6, 6.07) is 6.80. The summed E-state index contributed by atoms with van der Waals surface area (Å²) < 4.78 is 5.62. The third kappa shape index (κ3) is 3.45. The summed E-state index contributed by atoms with van der Waals surface area (Å²) in [5.74, 6) is 1.30. The molecule has 158 valence electrons. The van der Waals surface area contributed by atoms with E-state index in [0.29, 0.717) is 47.7 Å². The molecule has 10 heteroatoms. The number of carbonyl (C=O) groups is 1. The molecule has 1 unspecified atom stereocenters. The van der Waals surface area contributed by atoms with Crippen LogP contribution in [0, 0.1) is 0 Å². The lowest BCUT2D eigenvalue weighted by atomic mass is 10.0. The van der Waals surface area contributed by atoms with Gasteiger partial charge in [0.25, 0.3) is 5.91 Å². The van der Waals surface area contributed by atoms with E-state index < -0.39 is 6.04 Å². The summed E-state index contributed by atoms with van der Waals surface area (Å²) in [4.78, 5) is 34.6. The quantitative estimate of drug-likeness (QED) is 0.665. The monoisotopic (exact) mass is 437 g/mol. The van der Waals surface area contributed by atoms with E-state index in [9.17, 15) is 4.79 Å². The zero-order valence-corrected chi connectivity index (χ0v) is 17.5. The molecule has 1 saturated heterocycles. The number of hydrogen-bond acceptors (Lipinski definition) is 8. The predicted octanol–water partition coefficient (Wildman–Crippen LogP) is 2.48. The number of fused-ring (bicyclic) bond motifs is 3. The van der Waals surface area contributed by atoms with Crippen molar-refractivity contribution in [2.24, 2.45) is 0 Å². The van der Waals surface area contributed by atoms with Gasteiger partial charge in [0.1, 0.15) is 11.7 Å². The fourth-order valence-electron chi connectivity index (χ4n) is 3.97. The molecule has 0 radical (unpaired) electrons. The highest BCUT2D eigenvalue weighted by Crippen LogP contribution is 2.40. The molecule has 0 saturated carbocycles. The largest absolute Gasteiger partial charge is 0.377 e. The summed E-state index contributed by atoms with van der Waals surface area (Å²) in [5, 5.41) is 0.645. The van der Waals surface area contributed by atoms with Crippen LogP contribution in [0.1, 0.15) is 18.5 Å². The molecule has 2 aliphatic heterocycles. The van der Waals surface area contributed by atoms with Crippen molar-refractivity contribution in [3.05, 3.63) is 53.4 Å². The highest BCUT2D eigenvalue weighted by atomic mass is 35.5. The molecule has 5 rings (SSSR count). The normalized spacial score (nSPS) is 19.0. The van der Waals surface area contributed by atoms with Gasteiger partial charge in [0.05, 0.1) is 31.0 Å². The topological polar surface area (TPSA) is 110 Å². The molecule has 4 heterocycles. The second-order valence-electron chi connectivity index (χ2n) is 7.45. The minimum absolute atomic E-state index is 0.0400. The van der Waals surface area contributed by atoms with Gasteiger partial charge in [0.2, 0.25) is 5.95 Å². The van der Waals surface area contributed by atoms with Crippen molar-refractivity contribution in [2.45, 2.75) is 19.0 Å². The Morgan fingerprint density at radius 1 is 1.16 bits per heavy atom. The molecule has 2 atom stereocenters. The van der Waals surface area contributed by atoms with Gasteiger partial charge in [-0.15, -0.1) is 0 Å². The zero-order valence-electron chi connectivity index (χ0n) is 16.8. The fraction of sp³-hybridized carbons (Fsp3) is 0.286. The minimum atomic E-state index is -0.443. The first-order chi connectivity index (χ1) is 15.0. The van der Waals surface area contributed by atoms with Crippen molar-refractivity contribution >= 4 is 35.0 Å². The van der Waals surface area contributed by atoms with Crippen molar-refractivity contribution in [3.63, 3.8) is 0 Å². The number of ether oxygens (including phenoxy) is 1. The maximum Gasteiger partial charge on any atom is 0.252 e. The maximum absolute atomic E-state index is 13.5. The van der Waals surface area contributed by atoms with E-state index in [0.717, 1.165) is 5.56 Å². The third-order valence-electron chi connectivity index (χ3n) is 5.60. The Balaban J connectivity index is 1.61. The molecular weight excluding hydrogens is 418 g/mol. The fourth-order valence-corrected chi connectivity index (χ4v) is 4.10. The number of aromatic nitrogens is 4. The Morgan fingerprint density at radius 3 is 2.65 bits per heavy atom. The van der Waals surface area contributed by atoms with Gasteiger partial charge in [0.15, 0.2) is 11.6 Å². The number of nitrogens with zero attached hydrogens (tertiary/aromatic N) is 6. The van der Waals surface area contributed by atoms with Crippen molar-refractivity contribution in [1.82, 2.24) is 19.9 Å². The molecule has 0 bridgehead atoms. The molecule has 9 nitrogen and oxygen atoms in total. The molecule has 1 aromatic carbocycles.